The van der Waals surface area contributed by atoms with E-state index >= 15 is 0 Å². The van der Waals surface area contributed by atoms with Crippen molar-refractivity contribution in [3.05, 3.63) is 65.3 Å². The predicted molar refractivity (Wildman–Crippen MR) is 144 cm³/mol. The molecule has 2 aliphatic carbocycles. The van der Waals surface area contributed by atoms with Gasteiger partial charge in [0.1, 0.15) is 0 Å². The normalized spacial score (nSPS) is 29.8. The van der Waals surface area contributed by atoms with Gasteiger partial charge in [-0.05, 0) is 77.0 Å². The number of aryl methyl sites for hydroxylation is 2. The van der Waals surface area contributed by atoms with Crippen LogP contribution >= 0.6 is 0 Å². The van der Waals surface area contributed by atoms with Crippen LogP contribution in [0.25, 0.3) is 16.3 Å². The molecule has 1 heterocycles. The molecule has 2 aromatic carbocycles. The zero-order valence-corrected chi connectivity index (χ0v) is 22.0. The van der Waals surface area contributed by atoms with E-state index in [9.17, 15) is 0 Å². The fraction of sp³-hybridized carbons (Fsp3) is 0.548. The van der Waals surface area contributed by atoms with Crippen molar-refractivity contribution in [2.24, 2.45) is 23.7 Å². The first-order valence-corrected chi connectivity index (χ1v) is 16.0. The fourth-order valence-electron chi connectivity index (χ4n) is 8.09. The highest BCUT2D eigenvalue weighted by Crippen LogP contribution is 2.61. The maximum atomic E-state index is 2.65. The largest absolute Gasteiger partial charge is 0.0808 e. The van der Waals surface area contributed by atoms with Crippen molar-refractivity contribution in [2.75, 3.05) is 0 Å². The highest BCUT2D eigenvalue weighted by Gasteiger charge is 2.54. The fourth-order valence-corrected chi connectivity index (χ4v) is 15.8. The zero-order chi connectivity index (χ0) is 22.5. The van der Waals surface area contributed by atoms with E-state index in [2.05, 4.69) is 83.2 Å². The van der Waals surface area contributed by atoms with Crippen LogP contribution in [0, 0.1) is 37.5 Å². The van der Waals surface area contributed by atoms with Crippen LogP contribution in [-0.2, 0) is 0 Å². The summed E-state index contributed by atoms with van der Waals surface area (Å²) in [5.41, 5.74) is 6.90. The van der Waals surface area contributed by atoms with E-state index in [4.69, 9.17) is 0 Å². The molecule has 0 radical (unpaired) electrons. The maximum Gasteiger partial charge on any atom is 0.0578 e. The second kappa shape index (κ2) is 8.63. The Kier molecular flexibility index (Phi) is 5.99. The van der Waals surface area contributed by atoms with Crippen LogP contribution in [0.2, 0.25) is 23.7 Å². The molecule has 0 aromatic heterocycles. The lowest BCUT2D eigenvalue weighted by Crippen LogP contribution is -2.42. The summed E-state index contributed by atoms with van der Waals surface area (Å²) in [5.74, 6) is 3.29. The number of benzene rings is 2. The standard InChI is InChI=1S/C31H42Si/c1-6-21(2)20-32(16-7-8-17-32)31-24(5)19-30-26(10-9-11-28(30)31)27-15-13-23(4)25-14-12-22(3)18-29(25)27/h9-15,18,21,24,28,30-31H,6-8,16-17,19-20H2,1-5H3. The Bertz CT molecular complexity index is 1050. The molecule has 2 aromatic rings. The third-order valence-electron chi connectivity index (χ3n) is 9.59. The second-order valence-corrected chi connectivity index (χ2v) is 16.5. The first kappa shape index (κ1) is 22.2. The first-order chi connectivity index (χ1) is 15.4. The van der Waals surface area contributed by atoms with Crippen LogP contribution in [0.4, 0.5) is 0 Å². The van der Waals surface area contributed by atoms with Crippen LogP contribution in [-0.4, -0.2) is 8.07 Å². The lowest BCUT2D eigenvalue weighted by Gasteiger charge is -2.42. The third kappa shape index (κ3) is 3.65. The smallest absolute Gasteiger partial charge is 0.0578 e. The van der Waals surface area contributed by atoms with Gasteiger partial charge in [0, 0.05) is 0 Å². The van der Waals surface area contributed by atoms with Crippen LogP contribution in [0.5, 0.6) is 0 Å². The molecule has 170 valence electrons. The summed E-state index contributed by atoms with van der Waals surface area (Å²) in [6, 6.07) is 16.6. The molecule has 3 aliphatic rings. The monoisotopic (exact) mass is 442 g/mol. The van der Waals surface area contributed by atoms with E-state index in [0.29, 0.717) is 5.92 Å². The Balaban J connectivity index is 1.55. The van der Waals surface area contributed by atoms with Gasteiger partial charge in [-0.1, -0.05) is 112 Å². The van der Waals surface area contributed by atoms with Crippen molar-refractivity contribution in [3.63, 3.8) is 0 Å². The summed E-state index contributed by atoms with van der Waals surface area (Å²) in [5, 5.41) is 2.90. The summed E-state index contributed by atoms with van der Waals surface area (Å²) in [4.78, 5) is 0. The number of hydrogen-bond donors (Lipinski definition) is 0. The lowest BCUT2D eigenvalue weighted by molar-refractivity contribution is 0.528. The van der Waals surface area contributed by atoms with E-state index in [1.165, 1.54) is 53.1 Å². The molecule has 0 bridgehead atoms. The first-order valence-electron chi connectivity index (χ1n) is 13.3. The molecule has 2 fully saturated rings. The Labute approximate surface area is 197 Å². The van der Waals surface area contributed by atoms with Gasteiger partial charge in [0.05, 0.1) is 8.07 Å². The summed E-state index contributed by atoms with van der Waals surface area (Å²) < 4.78 is 0. The topological polar surface area (TPSA) is 0 Å². The number of hydrogen-bond acceptors (Lipinski definition) is 0. The van der Waals surface area contributed by atoms with Gasteiger partial charge < -0.3 is 0 Å². The van der Waals surface area contributed by atoms with Gasteiger partial charge in [0.2, 0.25) is 0 Å². The van der Waals surface area contributed by atoms with E-state index in [0.717, 1.165) is 23.3 Å². The molecule has 1 saturated carbocycles. The minimum absolute atomic E-state index is 0.716. The van der Waals surface area contributed by atoms with Gasteiger partial charge in [-0.2, -0.15) is 0 Å². The zero-order valence-electron chi connectivity index (χ0n) is 21.0. The molecule has 1 heteroatoms. The molecule has 5 unspecified atom stereocenters. The van der Waals surface area contributed by atoms with Crippen molar-refractivity contribution >= 4 is 24.4 Å². The summed E-state index contributed by atoms with van der Waals surface area (Å²) in [7, 11) is -1.24. The molecule has 0 nitrogen and oxygen atoms in total. The van der Waals surface area contributed by atoms with Crippen LogP contribution in [0.3, 0.4) is 0 Å². The lowest BCUT2D eigenvalue weighted by atomic mass is 9.79. The molecule has 0 amide bonds. The van der Waals surface area contributed by atoms with Gasteiger partial charge in [0.25, 0.3) is 0 Å². The van der Waals surface area contributed by atoms with Gasteiger partial charge in [-0.25, -0.2) is 0 Å². The van der Waals surface area contributed by atoms with Gasteiger partial charge in [-0.3, -0.25) is 0 Å². The summed E-state index contributed by atoms with van der Waals surface area (Å²) in [6.45, 7) is 12.1. The number of rotatable bonds is 5. The molecule has 5 atom stereocenters. The Morgan fingerprint density at radius 1 is 1.03 bits per heavy atom. The molecule has 5 rings (SSSR count). The molecule has 1 saturated heterocycles. The maximum absolute atomic E-state index is 2.65. The summed E-state index contributed by atoms with van der Waals surface area (Å²) in [6.07, 6.45) is 13.3. The van der Waals surface area contributed by atoms with Crippen LogP contribution < -0.4 is 0 Å². The molecule has 0 N–H and O–H groups in total. The predicted octanol–water partition coefficient (Wildman–Crippen LogP) is 9.34. The van der Waals surface area contributed by atoms with E-state index in [1.54, 1.807) is 23.7 Å². The average molecular weight is 443 g/mol. The minimum Gasteiger partial charge on any atom is -0.0808 e. The summed E-state index contributed by atoms with van der Waals surface area (Å²) >= 11 is 0. The van der Waals surface area contributed by atoms with E-state index in [1.807, 2.05) is 0 Å². The van der Waals surface area contributed by atoms with Crippen LogP contribution in [0.15, 0.2) is 48.6 Å². The Morgan fingerprint density at radius 3 is 2.56 bits per heavy atom. The molecule has 32 heavy (non-hydrogen) atoms. The minimum atomic E-state index is -1.24. The van der Waals surface area contributed by atoms with Crippen molar-refractivity contribution < 1.29 is 0 Å². The Morgan fingerprint density at radius 2 is 1.81 bits per heavy atom. The van der Waals surface area contributed by atoms with Gasteiger partial charge in [0.15, 0.2) is 0 Å². The number of allylic oxidation sites excluding steroid dienone is 4. The van der Waals surface area contributed by atoms with Crippen molar-refractivity contribution in [1.29, 1.82) is 0 Å². The molecular formula is C31H42Si. The molecular weight excluding hydrogens is 400 g/mol. The van der Waals surface area contributed by atoms with E-state index < -0.39 is 8.07 Å². The van der Waals surface area contributed by atoms with E-state index in [-0.39, 0.29) is 0 Å². The quantitative estimate of drug-likeness (QED) is 0.405. The molecule has 1 aliphatic heterocycles. The van der Waals surface area contributed by atoms with Crippen molar-refractivity contribution in [3.8, 4) is 0 Å². The second-order valence-electron chi connectivity index (χ2n) is 11.7. The average Bonchev–Trinajstić information content (AvgIpc) is 3.37. The molecule has 0 spiro atoms. The Hall–Kier alpha value is -1.60. The van der Waals surface area contributed by atoms with Crippen LogP contribution in [0.1, 0.15) is 63.1 Å². The van der Waals surface area contributed by atoms with Crippen molar-refractivity contribution in [2.45, 2.75) is 84.0 Å². The highest BCUT2D eigenvalue weighted by atomic mass is 28.3. The van der Waals surface area contributed by atoms with Crippen molar-refractivity contribution in [1.82, 2.24) is 0 Å². The SMILES string of the molecule is CCC(C)C[Si]1(C2C(C)CC3C(c4ccc(C)c5ccc(C)cc45)=CC=CC32)CCCC1. The third-order valence-corrected chi connectivity index (χ3v) is 16.2. The van der Waals surface area contributed by atoms with Gasteiger partial charge >= 0.3 is 0 Å². The van der Waals surface area contributed by atoms with Gasteiger partial charge in [-0.15, -0.1) is 0 Å². The highest BCUT2D eigenvalue weighted by molar-refractivity contribution is 6.82. The number of fused-ring (bicyclic) bond motifs is 2.